The van der Waals surface area contributed by atoms with Crippen LogP contribution in [0.2, 0.25) is 0 Å². The molecule has 0 aliphatic heterocycles. The average molecular weight is 531 g/mol. The lowest BCUT2D eigenvalue weighted by atomic mass is 9.79. The summed E-state index contributed by atoms with van der Waals surface area (Å²) in [5.41, 5.74) is 16.5. The summed E-state index contributed by atoms with van der Waals surface area (Å²) < 4.78 is 0. The van der Waals surface area contributed by atoms with Gasteiger partial charge in [-0.3, -0.25) is 0 Å². The molecule has 0 N–H and O–H groups in total. The van der Waals surface area contributed by atoms with Gasteiger partial charge in [0.25, 0.3) is 0 Å². The second-order valence-corrected chi connectivity index (χ2v) is 12.1. The third-order valence-electron chi connectivity index (χ3n) is 10.9. The average Bonchev–Trinajstić information content (AvgIpc) is 3.34. The fourth-order valence-corrected chi connectivity index (χ4v) is 9.71. The van der Waals surface area contributed by atoms with Crippen LogP contribution in [0.15, 0.2) is 0 Å². The molecule has 0 aliphatic carbocycles. The molecule has 0 heteroatoms. The minimum atomic E-state index is 1.12. The highest BCUT2D eigenvalue weighted by molar-refractivity contribution is 6.47. The fraction of sp³-hybridized carbons (Fsp3) is 0.500. The zero-order valence-electron chi connectivity index (χ0n) is 27.1. The summed E-state index contributed by atoms with van der Waals surface area (Å²) in [5, 5.41) is 16.4. The first kappa shape index (κ1) is 27.6. The van der Waals surface area contributed by atoms with E-state index in [2.05, 4.69) is 69.2 Å². The van der Waals surface area contributed by atoms with Crippen molar-refractivity contribution in [3.05, 3.63) is 55.6 Å². The Kier molecular flexibility index (Phi) is 6.92. The molecular weight excluding hydrogens is 480 g/mol. The summed E-state index contributed by atoms with van der Waals surface area (Å²) >= 11 is 0. The molecule has 0 bridgehead atoms. The maximum Gasteiger partial charge on any atom is -0.000771 e. The third kappa shape index (κ3) is 3.04. The van der Waals surface area contributed by atoms with E-state index in [4.69, 9.17) is 0 Å². The quantitative estimate of drug-likeness (QED) is 0.154. The van der Waals surface area contributed by atoms with E-state index >= 15 is 0 Å². The van der Waals surface area contributed by atoms with Crippen molar-refractivity contribution in [2.45, 2.75) is 133 Å². The molecule has 6 rings (SSSR count). The topological polar surface area (TPSA) is 0 Å². The molecule has 0 saturated heterocycles. The Morgan fingerprint density at radius 3 is 0.350 bits per heavy atom. The van der Waals surface area contributed by atoms with E-state index in [0.29, 0.717) is 0 Å². The van der Waals surface area contributed by atoms with Gasteiger partial charge in [0, 0.05) is 0 Å². The van der Waals surface area contributed by atoms with E-state index in [1.165, 1.54) is 0 Å². The van der Waals surface area contributed by atoms with Gasteiger partial charge >= 0.3 is 0 Å². The molecule has 0 unspecified atom stereocenters. The molecule has 40 heavy (non-hydrogen) atoms. The van der Waals surface area contributed by atoms with Gasteiger partial charge in [-0.2, -0.15) is 0 Å². The Bertz CT molecular complexity index is 1440. The lowest BCUT2D eigenvalue weighted by Gasteiger charge is -2.24. The Morgan fingerprint density at radius 1 is 0.175 bits per heavy atom. The van der Waals surface area contributed by atoms with Gasteiger partial charge < -0.3 is 0 Å². The van der Waals surface area contributed by atoms with Crippen molar-refractivity contribution in [2.24, 2.45) is 0 Å². The van der Waals surface area contributed by atoms with Crippen molar-refractivity contribution in [1.82, 2.24) is 0 Å². The van der Waals surface area contributed by atoms with E-state index in [1.54, 1.807) is 109 Å². The minimum Gasteiger partial charge on any atom is -0.0613 e. The van der Waals surface area contributed by atoms with Crippen LogP contribution in [-0.4, -0.2) is 0 Å². The van der Waals surface area contributed by atoms with Crippen LogP contribution in [0.1, 0.15) is 125 Å². The molecule has 0 nitrogen and oxygen atoms in total. The zero-order valence-corrected chi connectivity index (χ0v) is 27.1. The predicted molar refractivity (Wildman–Crippen MR) is 181 cm³/mol. The molecule has 0 heterocycles. The maximum atomic E-state index is 2.42. The first-order valence-corrected chi connectivity index (χ1v) is 16.9. The van der Waals surface area contributed by atoms with Crippen molar-refractivity contribution in [1.29, 1.82) is 0 Å². The Balaban J connectivity index is 2.21. The highest BCUT2D eigenvalue weighted by Crippen LogP contribution is 2.57. The summed E-state index contributed by atoms with van der Waals surface area (Å²) in [7, 11) is 0. The van der Waals surface area contributed by atoms with Gasteiger partial charge in [0.15, 0.2) is 0 Å². The van der Waals surface area contributed by atoms with Crippen molar-refractivity contribution in [3.63, 3.8) is 0 Å². The van der Waals surface area contributed by atoms with Crippen molar-refractivity contribution in [2.75, 3.05) is 0 Å². The molecule has 6 aromatic carbocycles. The van der Waals surface area contributed by atoms with Gasteiger partial charge in [0.1, 0.15) is 0 Å². The maximum absolute atomic E-state index is 2.42. The molecule has 0 aliphatic rings. The van der Waals surface area contributed by atoms with Crippen LogP contribution in [-0.2, 0) is 64.2 Å². The lowest BCUT2D eigenvalue weighted by Crippen LogP contribution is -2.05. The highest BCUT2D eigenvalue weighted by Gasteiger charge is 2.33. The van der Waals surface area contributed by atoms with Gasteiger partial charge in [-0.15, -0.1) is 0 Å². The number of aryl methyl sites for hydroxylation is 10. The van der Waals surface area contributed by atoms with Crippen molar-refractivity contribution < 1.29 is 0 Å². The monoisotopic (exact) mass is 530 g/mol. The largest absolute Gasteiger partial charge is 0.0613 e. The molecule has 0 aromatic heterocycles. The van der Waals surface area contributed by atoms with Crippen LogP contribution in [0.25, 0.3) is 53.9 Å². The first-order chi connectivity index (χ1) is 19.5. The number of benzene rings is 5. The van der Waals surface area contributed by atoms with Crippen LogP contribution in [0.4, 0.5) is 0 Å². The highest BCUT2D eigenvalue weighted by atomic mass is 14.4. The number of rotatable bonds is 10. The predicted octanol–water partition coefficient (Wildman–Crippen LogP) is 11.4. The Labute approximate surface area is 242 Å². The lowest BCUT2D eigenvalue weighted by molar-refractivity contribution is 1.02. The summed E-state index contributed by atoms with van der Waals surface area (Å²) in [6, 6.07) is 0. The summed E-state index contributed by atoms with van der Waals surface area (Å²) in [4.78, 5) is 0. The van der Waals surface area contributed by atoms with E-state index in [-0.39, 0.29) is 0 Å². The van der Waals surface area contributed by atoms with Gasteiger partial charge in [-0.05, 0) is 174 Å². The molecule has 0 spiro atoms. The number of hydrogen-bond donors (Lipinski definition) is 0. The molecule has 210 valence electrons. The first-order valence-electron chi connectivity index (χ1n) is 16.9. The van der Waals surface area contributed by atoms with Gasteiger partial charge in [0.2, 0.25) is 0 Å². The van der Waals surface area contributed by atoms with Crippen LogP contribution in [0.5, 0.6) is 0 Å². The Hall–Kier alpha value is -2.60. The minimum absolute atomic E-state index is 1.12. The van der Waals surface area contributed by atoms with E-state index in [0.717, 1.165) is 64.2 Å². The van der Waals surface area contributed by atoms with Gasteiger partial charge in [-0.1, -0.05) is 69.2 Å². The molecule has 0 amide bonds. The molecule has 6 aromatic rings. The standard InChI is InChI=1S/C40H50/c1-11-21-22(12-2)32-25(15-5)26(16-6)34-29(19-9)30(20-10)35-28(18-8)27(17-7)33-24(14-4)23(13-3)31(21)36-37(32)39(34)40(35)38(33)36/h11-20H2,1-10H3. The second kappa shape index (κ2) is 10.0. The van der Waals surface area contributed by atoms with Gasteiger partial charge in [0.05, 0.1) is 0 Å². The molecule has 0 saturated carbocycles. The van der Waals surface area contributed by atoms with E-state index in [9.17, 15) is 0 Å². The van der Waals surface area contributed by atoms with Gasteiger partial charge in [-0.25, -0.2) is 0 Å². The fourth-order valence-electron chi connectivity index (χ4n) is 9.71. The molecular formula is C40H50. The SMILES string of the molecule is CCc1c(CC)c2c(CC)c(CC)c3c(CC)c(CC)c4c(CC)c(CC)c5c(CC)c(CC)c1c1c2c3c4c51. The van der Waals surface area contributed by atoms with Crippen LogP contribution >= 0.6 is 0 Å². The van der Waals surface area contributed by atoms with Crippen molar-refractivity contribution in [3.8, 4) is 0 Å². The van der Waals surface area contributed by atoms with Crippen LogP contribution in [0.3, 0.4) is 0 Å². The van der Waals surface area contributed by atoms with E-state index < -0.39 is 0 Å². The van der Waals surface area contributed by atoms with Crippen LogP contribution < -0.4 is 0 Å². The molecule has 0 radical (unpaired) electrons. The molecule has 0 fully saturated rings. The second-order valence-electron chi connectivity index (χ2n) is 12.1. The number of hydrogen-bond acceptors (Lipinski definition) is 0. The van der Waals surface area contributed by atoms with Crippen molar-refractivity contribution >= 4 is 53.9 Å². The van der Waals surface area contributed by atoms with E-state index in [1.807, 2.05) is 0 Å². The molecule has 0 atom stereocenters. The smallest absolute Gasteiger partial charge is 0.000771 e. The normalized spacial score (nSPS) is 12.8. The summed E-state index contributed by atoms with van der Waals surface area (Å²) in [6.07, 6.45) is 11.2. The Morgan fingerprint density at radius 2 is 0.275 bits per heavy atom. The van der Waals surface area contributed by atoms with Crippen LogP contribution in [0, 0.1) is 0 Å². The summed E-state index contributed by atoms with van der Waals surface area (Å²) in [5.74, 6) is 0. The zero-order chi connectivity index (χ0) is 28.6. The third-order valence-corrected chi connectivity index (χ3v) is 10.9. The summed E-state index contributed by atoms with van der Waals surface area (Å²) in [6.45, 7) is 24.2.